The van der Waals surface area contributed by atoms with Crippen molar-refractivity contribution in [3.63, 3.8) is 0 Å². The Morgan fingerprint density at radius 2 is 1.76 bits per heavy atom. The number of phenolic OH excluding ortho intramolecular Hbond substituents is 1. The minimum absolute atomic E-state index is 0. The lowest BCUT2D eigenvalue weighted by molar-refractivity contribution is 0.397. The van der Waals surface area contributed by atoms with Gasteiger partial charge in [0, 0.05) is 0 Å². The molecule has 0 fully saturated rings. The number of ether oxygens (including phenoxy) is 1. The second-order valence-electron chi connectivity index (χ2n) is 5.11. The largest absolute Gasteiger partial charge is 0.508 e. The van der Waals surface area contributed by atoms with Gasteiger partial charge in [0.1, 0.15) is 17.2 Å². The highest BCUT2D eigenvalue weighted by Gasteiger charge is 2.06. The standard InChI is InChI=1S/C17H21NO2.ClH/c1-18(2)12-6-7-14-13-15(19)10-11-17(14)20-16-8-4-3-5-9-16;/h3-5,8-11,13,19H,6-7,12H2,1-2H3;1H. The summed E-state index contributed by atoms with van der Waals surface area (Å²) in [7, 11) is 4.12. The summed E-state index contributed by atoms with van der Waals surface area (Å²) in [6, 6.07) is 15.0. The molecule has 2 aromatic carbocycles. The van der Waals surface area contributed by atoms with Gasteiger partial charge in [-0.15, -0.1) is 12.4 Å². The van der Waals surface area contributed by atoms with Crippen molar-refractivity contribution in [3.05, 3.63) is 54.1 Å². The summed E-state index contributed by atoms with van der Waals surface area (Å²) >= 11 is 0. The molecular weight excluding hydrogens is 286 g/mol. The first kappa shape index (κ1) is 17.3. The van der Waals surface area contributed by atoms with Crippen LogP contribution < -0.4 is 4.74 Å². The Kier molecular flexibility index (Phi) is 7.06. The summed E-state index contributed by atoms with van der Waals surface area (Å²) in [4.78, 5) is 2.15. The fourth-order valence-corrected chi connectivity index (χ4v) is 2.06. The molecule has 0 aliphatic carbocycles. The monoisotopic (exact) mass is 307 g/mol. The molecule has 2 rings (SSSR count). The number of hydrogen-bond donors (Lipinski definition) is 1. The Bertz CT molecular complexity index is 544. The lowest BCUT2D eigenvalue weighted by Crippen LogP contribution is -2.13. The molecule has 0 aliphatic heterocycles. The smallest absolute Gasteiger partial charge is 0.130 e. The van der Waals surface area contributed by atoms with Gasteiger partial charge in [-0.05, 0) is 69.4 Å². The van der Waals surface area contributed by atoms with Gasteiger partial charge in [0.15, 0.2) is 0 Å². The van der Waals surface area contributed by atoms with Crippen LogP contribution in [0.1, 0.15) is 12.0 Å². The predicted octanol–water partition coefficient (Wildman–Crippen LogP) is 4.10. The van der Waals surface area contributed by atoms with E-state index in [1.165, 1.54) is 0 Å². The molecule has 0 atom stereocenters. The van der Waals surface area contributed by atoms with Crippen molar-refractivity contribution in [1.82, 2.24) is 4.90 Å². The molecule has 2 aromatic rings. The molecule has 0 saturated heterocycles. The van der Waals surface area contributed by atoms with Crippen LogP contribution in [0, 0.1) is 0 Å². The maximum atomic E-state index is 9.65. The van der Waals surface area contributed by atoms with Crippen molar-refractivity contribution in [1.29, 1.82) is 0 Å². The van der Waals surface area contributed by atoms with Crippen molar-refractivity contribution in [2.45, 2.75) is 12.8 Å². The highest BCUT2D eigenvalue weighted by atomic mass is 35.5. The topological polar surface area (TPSA) is 32.7 Å². The molecule has 0 heterocycles. The van der Waals surface area contributed by atoms with Gasteiger partial charge in [0.2, 0.25) is 0 Å². The molecule has 0 aromatic heterocycles. The second kappa shape index (κ2) is 8.55. The van der Waals surface area contributed by atoms with Gasteiger partial charge in [0.25, 0.3) is 0 Å². The highest BCUT2D eigenvalue weighted by molar-refractivity contribution is 5.85. The van der Waals surface area contributed by atoms with Crippen molar-refractivity contribution >= 4 is 12.4 Å². The maximum Gasteiger partial charge on any atom is 0.130 e. The van der Waals surface area contributed by atoms with E-state index in [1.807, 2.05) is 36.4 Å². The predicted molar refractivity (Wildman–Crippen MR) is 88.7 cm³/mol. The van der Waals surface area contributed by atoms with Crippen molar-refractivity contribution < 1.29 is 9.84 Å². The molecule has 114 valence electrons. The number of aromatic hydroxyl groups is 1. The molecule has 1 N–H and O–H groups in total. The fourth-order valence-electron chi connectivity index (χ4n) is 2.06. The van der Waals surface area contributed by atoms with Gasteiger partial charge in [-0.2, -0.15) is 0 Å². The summed E-state index contributed by atoms with van der Waals surface area (Å²) in [6.07, 6.45) is 1.91. The Morgan fingerprint density at radius 1 is 1.05 bits per heavy atom. The Balaban J connectivity index is 0.00000220. The summed E-state index contributed by atoms with van der Waals surface area (Å²) in [5, 5.41) is 9.65. The van der Waals surface area contributed by atoms with Gasteiger partial charge in [-0.1, -0.05) is 18.2 Å². The number of hydrogen-bond acceptors (Lipinski definition) is 3. The molecule has 0 saturated carbocycles. The Hall–Kier alpha value is -1.71. The van der Waals surface area contributed by atoms with E-state index in [0.29, 0.717) is 0 Å². The Labute approximate surface area is 132 Å². The number of halogens is 1. The number of para-hydroxylation sites is 1. The minimum atomic E-state index is 0. The summed E-state index contributed by atoms with van der Waals surface area (Å²) in [5.41, 5.74) is 1.04. The van der Waals surface area contributed by atoms with E-state index in [2.05, 4.69) is 19.0 Å². The SMILES string of the molecule is CN(C)CCCc1cc(O)ccc1Oc1ccccc1.Cl. The van der Waals surface area contributed by atoms with E-state index in [4.69, 9.17) is 4.74 Å². The third kappa shape index (κ3) is 5.66. The minimum Gasteiger partial charge on any atom is -0.508 e. The van der Waals surface area contributed by atoms with Gasteiger partial charge in [-0.25, -0.2) is 0 Å². The van der Waals surface area contributed by atoms with Crippen molar-refractivity contribution in [2.24, 2.45) is 0 Å². The average molecular weight is 308 g/mol. The van der Waals surface area contributed by atoms with E-state index in [-0.39, 0.29) is 18.2 Å². The molecule has 0 aliphatic rings. The number of rotatable bonds is 6. The number of benzene rings is 2. The quantitative estimate of drug-likeness (QED) is 0.872. The van der Waals surface area contributed by atoms with Crippen LogP contribution >= 0.6 is 12.4 Å². The van der Waals surface area contributed by atoms with Gasteiger partial charge >= 0.3 is 0 Å². The summed E-state index contributed by atoms with van der Waals surface area (Å²) in [5.74, 6) is 1.91. The number of phenols is 1. The normalized spacial score (nSPS) is 10.2. The number of aryl methyl sites for hydroxylation is 1. The van der Waals surface area contributed by atoms with Gasteiger partial charge in [-0.3, -0.25) is 0 Å². The molecule has 0 spiro atoms. The van der Waals surface area contributed by atoms with Crippen LogP contribution in [0.25, 0.3) is 0 Å². The van der Waals surface area contributed by atoms with E-state index in [0.717, 1.165) is 36.4 Å². The third-order valence-corrected chi connectivity index (χ3v) is 3.07. The number of nitrogens with zero attached hydrogens (tertiary/aromatic N) is 1. The first-order valence-electron chi connectivity index (χ1n) is 6.84. The third-order valence-electron chi connectivity index (χ3n) is 3.07. The summed E-state index contributed by atoms with van der Waals surface area (Å²) in [6.45, 7) is 1.01. The van der Waals surface area contributed by atoms with Crippen LogP contribution in [0.2, 0.25) is 0 Å². The fraction of sp³-hybridized carbons (Fsp3) is 0.294. The first-order valence-corrected chi connectivity index (χ1v) is 6.84. The zero-order chi connectivity index (χ0) is 14.4. The van der Waals surface area contributed by atoms with Crippen LogP contribution in [-0.2, 0) is 6.42 Å². The molecule has 0 amide bonds. The lowest BCUT2D eigenvalue weighted by Gasteiger charge is -2.13. The first-order chi connectivity index (χ1) is 9.65. The van der Waals surface area contributed by atoms with Crippen LogP contribution in [0.4, 0.5) is 0 Å². The molecule has 3 nitrogen and oxygen atoms in total. The van der Waals surface area contributed by atoms with Crippen molar-refractivity contribution in [2.75, 3.05) is 20.6 Å². The van der Waals surface area contributed by atoms with E-state index >= 15 is 0 Å². The highest BCUT2D eigenvalue weighted by Crippen LogP contribution is 2.29. The van der Waals surface area contributed by atoms with Crippen LogP contribution in [0.5, 0.6) is 17.2 Å². The van der Waals surface area contributed by atoms with E-state index in [1.54, 1.807) is 12.1 Å². The Morgan fingerprint density at radius 3 is 2.43 bits per heavy atom. The zero-order valence-corrected chi connectivity index (χ0v) is 13.3. The summed E-state index contributed by atoms with van der Waals surface area (Å²) < 4.78 is 5.90. The van der Waals surface area contributed by atoms with E-state index in [9.17, 15) is 5.11 Å². The van der Waals surface area contributed by atoms with Crippen LogP contribution in [0.3, 0.4) is 0 Å². The second-order valence-corrected chi connectivity index (χ2v) is 5.11. The molecule has 4 heteroatoms. The van der Waals surface area contributed by atoms with Gasteiger partial charge < -0.3 is 14.7 Å². The molecule has 0 bridgehead atoms. The molecule has 0 unspecified atom stereocenters. The average Bonchev–Trinajstić information content (AvgIpc) is 2.42. The van der Waals surface area contributed by atoms with Crippen molar-refractivity contribution in [3.8, 4) is 17.2 Å². The molecule has 0 radical (unpaired) electrons. The van der Waals surface area contributed by atoms with E-state index < -0.39 is 0 Å². The lowest BCUT2D eigenvalue weighted by atomic mass is 10.1. The maximum absolute atomic E-state index is 9.65. The molecule has 21 heavy (non-hydrogen) atoms. The van der Waals surface area contributed by atoms with Crippen LogP contribution in [-0.4, -0.2) is 30.6 Å². The van der Waals surface area contributed by atoms with Crippen LogP contribution in [0.15, 0.2) is 48.5 Å². The molecular formula is C17H22ClNO2. The zero-order valence-electron chi connectivity index (χ0n) is 12.5. The van der Waals surface area contributed by atoms with Gasteiger partial charge in [0.05, 0.1) is 0 Å².